The monoisotopic (exact) mass is 433 g/mol. The molecule has 1 aromatic carbocycles. The number of benzene rings is 1. The third-order valence-electron chi connectivity index (χ3n) is 4.83. The number of nitrogens with one attached hydrogen (secondary N) is 1. The quantitative estimate of drug-likeness (QED) is 0.589. The van der Waals surface area contributed by atoms with Gasteiger partial charge in [-0.05, 0) is 49.2 Å². The highest BCUT2D eigenvalue weighted by Gasteiger charge is 2.27. The van der Waals surface area contributed by atoms with Crippen molar-refractivity contribution < 1.29 is 14.3 Å². The molecule has 0 saturated carbocycles. The van der Waals surface area contributed by atoms with Crippen molar-refractivity contribution in [2.45, 2.75) is 37.6 Å². The lowest BCUT2D eigenvalue weighted by Crippen LogP contribution is -2.31. The van der Waals surface area contributed by atoms with Gasteiger partial charge >= 0.3 is 0 Å². The maximum absolute atomic E-state index is 12.5. The van der Waals surface area contributed by atoms with Crippen molar-refractivity contribution in [3.05, 3.63) is 40.3 Å². The van der Waals surface area contributed by atoms with Gasteiger partial charge in [0.25, 0.3) is 5.91 Å². The van der Waals surface area contributed by atoms with Crippen LogP contribution in [0.5, 0.6) is 5.75 Å². The first-order chi connectivity index (χ1) is 14.0. The van der Waals surface area contributed by atoms with E-state index < -0.39 is 5.91 Å². The van der Waals surface area contributed by atoms with E-state index >= 15 is 0 Å². The van der Waals surface area contributed by atoms with Gasteiger partial charge < -0.3 is 15.8 Å². The Labute approximate surface area is 179 Å². The topological polar surface area (TPSA) is 84.7 Å². The second kappa shape index (κ2) is 10.1. The molecule has 3 N–H and O–H groups in total. The second-order valence-corrected chi connectivity index (χ2v) is 9.19. The van der Waals surface area contributed by atoms with Gasteiger partial charge in [0, 0.05) is 35.0 Å². The average Bonchev–Trinajstić information content (AvgIpc) is 3.06. The largest absolute Gasteiger partial charge is 0.497 e. The fourth-order valence-corrected chi connectivity index (χ4v) is 5.60. The maximum Gasteiger partial charge on any atom is 0.251 e. The molecule has 2 amide bonds. The number of ether oxygens (including phenoxy) is 1. The predicted octanol–water partition coefficient (Wildman–Crippen LogP) is 3.74. The lowest BCUT2D eigenvalue weighted by atomic mass is 10.0. The van der Waals surface area contributed by atoms with Gasteiger partial charge in [-0.3, -0.25) is 14.5 Å². The van der Waals surface area contributed by atoms with Crippen molar-refractivity contribution in [3.8, 4) is 5.75 Å². The van der Waals surface area contributed by atoms with E-state index in [4.69, 9.17) is 10.5 Å². The summed E-state index contributed by atoms with van der Waals surface area (Å²) in [5, 5.41) is 3.52. The highest BCUT2D eigenvalue weighted by Crippen LogP contribution is 2.37. The van der Waals surface area contributed by atoms with E-state index in [0.717, 1.165) is 53.6 Å². The van der Waals surface area contributed by atoms with Crippen molar-refractivity contribution in [2.24, 2.45) is 5.73 Å². The number of methoxy groups -OCH3 is 1. The number of primary amides is 1. The van der Waals surface area contributed by atoms with Crippen LogP contribution in [0.25, 0.3) is 0 Å². The zero-order valence-corrected chi connectivity index (χ0v) is 18.5. The van der Waals surface area contributed by atoms with E-state index in [1.54, 1.807) is 18.9 Å². The number of hydrogen-bond acceptors (Lipinski definition) is 6. The maximum atomic E-state index is 12.5. The molecule has 0 unspecified atom stereocenters. The van der Waals surface area contributed by atoms with Gasteiger partial charge in [-0.15, -0.1) is 23.1 Å². The Hall–Kier alpha value is -2.03. The zero-order valence-electron chi connectivity index (χ0n) is 16.8. The smallest absolute Gasteiger partial charge is 0.251 e. The second-order valence-electron chi connectivity index (χ2n) is 6.92. The van der Waals surface area contributed by atoms with Crippen LogP contribution in [0, 0.1) is 0 Å². The Morgan fingerprint density at radius 1 is 1.31 bits per heavy atom. The van der Waals surface area contributed by atoms with Crippen LogP contribution in [0.4, 0.5) is 5.00 Å². The third kappa shape index (κ3) is 5.52. The van der Waals surface area contributed by atoms with Gasteiger partial charge in [-0.25, -0.2) is 0 Å². The predicted molar refractivity (Wildman–Crippen MR) is 119 cm³/mol. The summed E-state index contributed by atoms with van der Waals surface area (Å²) in [5.41, 5.74) is 7.15. The number of rotatable bonds is 9. The Bertz CT molecular complexity index is 865. The number of amides is 2. The van der Waals surface area contributed by atoms with Crippen LogP contribution in [0.1, 0.15) is 40.6 Å². The minimum absolute atomic E-state index is 0.0995. The van der Waals surface area contributed by atoms with E-state index in [2.05, 4.69) is 17.1 Å². The molecule has 0 saturated heterocycles. The van der Waals surface area contributed by atoms with Crippen LogP contribution < -0.4 is 15.8 Å². The van der Waals surface area contributed by atoms with Gasteiger partial charge in [0.2, 0.25) is 5.91 Å². The third-order valence-corrected chi connectivity index (χ3v) is 6.98. The van der Waals surface area contributed by atoms with Crippen LogP contribution in [0.2, 0.25) is 0 Å². The van der Waals surface area contributed by atoms with Crippen LogP contribution in [0.3, 0.4) is 0 Å². The Morgan fingerprint density at radius 2 is 2.07 bits per heavy atom. The van der Waals surface area contributed by atoms with Crippen molar-refractivity contribution in [2.75, 3.05) is 31.3 Å². The highest BCUT2D eigenvalue weighted by atomic mass is 32.2. The molecule has 0 radical (unpaired) electrons. The van der Waals surface area contributed by atoms with Gasteiger partial charge in [0.05, 0.1) is 12.7 Å². The van der Waals surface area contributed by atoms with Gasteiger partial charge in [0.15, 0.2) is 0 Å². The minimum Gasteiger partial charge on any atom is -0.497 e. The van der Waals surface area contributed by atoms with E-state index in [1.807, 2.05) is 24.3 Å². The lowest BCUT2D eigenvalue weighted by molar-refractivity contribution is -0.115. The molecule has 8 heteroatoms. The highest BCUT2D eigenvalue weighted by molar-refractivity contribution is 7.99. The van der Waals surface area contributed by atoms with Crippen LogP contribution in [0.15, 0.2) is 29.2 Å². The normalized spacial score (nSPS) is 13.7. The van der Waals surface area contributed by atoms with Crippen LogP contribution in [-0.4, -0.2) is 42.7 Å². The van der Waals surface area contributed by atoms with Crippen molar-refractivity contribution >= 4 is 39.9 Å². The first kappa shape index (κ1) is 21.7. The van der Waals surface area contributed by atoms with Crippen molar-refractivity contribution in [3.63, 3.8) is 0 Å². The molecule has 2 heterocycles. The fraction of sp³-hybridized carbons (Fsp3) is 0.429. The molecule has 1 aliphatic rings. The standard InChI is InChI=1S/C21H27N3O3S2/c1-3-10-24-11-8-16-17(13-24)29-21(19(16)20(22)26)23-18(25)9-12-28-15-6-4-14(27-2)5-7-15/h4-7H,3,8-13H2,1-2H3,(H2,22,26)(H,23,25). The molecular weight excluding hydrogens is 406 g/mol. The molecule has 29 heavy (non-hydrogen) atoms. The number of thioether (sulfide) groups is 1. The number of thiophene rings is 1. The summed E-state index contributed by atoms with van der Waals surface area (Å²) in [7, 11) is 1.64. The number of carbonyl (C=O) groups excluding carboxylic acids is 2. The SMILES string of the molecule is CCCN1CCc2c(sc(NC(=O)CCSc3ccc(OC)cc3)c2C(N)=O)C1. The minimum atomic E-state index is -0.464. The molecule has 1 aromatic heterocycles. The molecule has 2 aromatic rings. The number of carbonyl (C=O) groups is 2. The molecule has 3 rings (SSSR count). The van der Waals surface area contributed by atoms with E-state index in [9.17, 15) is 9.59 Å². The van der Waals surface area contributed by atoms with Gasteiger partial charge in [-0.2, -0.15) is 0 Å². The number of nitrogens with two attached hydrogens (primary N) is 1. The van der Waals surface area contributed by atoms with Gasteiger partial charge in [0.1, 0.15) is 10.8 Å². The molecule has 0 fully saturated rings. The van der Waals surface area contributed by atoms with Crippen molar-refractivity contribution in [1.29, 1.82) is 0 Å². The summed E-state index contributed by atoms with van der Waals surface area (Å²) in [6.07, 6.45) is 2.26. The Morgan fingerprint density at radius 3 is 2.72 bits per heavy atom. The van der Waals surface area contributed by atoms with Crippen LogP contribution >= 0.6 is 23.1 Å². The van der Waals surface area contributed by atoms with Crippen molar-refractivity contribution in [1.82, 2.24) is 4.90 Å². The molecule has 0 bridgehead atoms. The molecule has 0 atom stereocenters. The summed E-state index contributed by atoms with van der Waals surface area (Å²) < 4.78 is 5.15. The zero-order chi connectivity index (χ0) is 20.8. The number of nitrogens with zero attached hydrogens (tertiary/aromatic N) is 1. The summed E-state index contributed by atoms with van der Waals surface area (Å²) in [4.78, 5) is 29.1. The molecule has 1 aliphatic heterocycles. The van der Waals surface area contributed by atoms with E-state index in [0.29, 0.717) is 22.7 Å². The molecule has 0 spiro atoms. The summed E-state index contributed by atoms with van der Waals surface area (Å²) >= 11 is 3.10. The molecule has 0 aliphatic carbocycles. The average molecular weight is 434 g/mol. The molecular formula is C21H27N3O3S2. The first-order valence-electron chi connectivity index (χ1n) is 9.75. The summed E-state index contributed by atoms with van der Waals surface area (Å²) in [6, 6.07) is 7.75. The first-order valence-corrected chi connectivity index (χ1v) is 11.6. The molecule has 156 valence electrons. The van der Waals surface area contributed by atoms with Gasteiger partial charge in [-0.1, -0.05) is 6.92 Å². The Kier molecular flexibility index (Phi) is 7.57. The lowest BCUT2D eigenvalue weighted by Gasteiger charge is -2.26. The summed E-state index contributed by atoms with van der Waals surface area (Å²) in [5.74, 6) is 0.900. The van der Waals surface area contributed by atoms with E-state index in [1.165, 1.54) is 11.3 Å². The number of fused-ring (bicyclic) bond motifs is 1. The number of anilines is 1. The Balaban J connectivity index is 1.60. The molecule has 6 nitrogen and oxygen atoms in total. The number of hydrogen-bond donors (Lipinski definition) is 2. The fourth-order valence-electron chi connectivity index (χ4n) is 3.43. The van der Waals surface area contributed by atoms with Crippen LogP contribution in [-0.2, 0) is 17.8 Å². The van der Waals surface area contributed by atoms with E-state index in [-0.39, 0.29) is 5.91 Å². The summed E-state index contributed by atoms with van der Waals surface area (Å²) in [6.45, 7) is 4.93.